The second-order valence-corrected chi connectivity index (χ2v) is 14.9. The Morgan fingerprint density at radius 1 is 1.11 bits per heavy atom. The quantitative estimate of drug-likeness (QED) is 0.369. The van der Waals surface area contributed by atoms with Crippen LogP contribution in [0.5, 0.6) is 0 Å². The average molecular weight is 299 g/mol. The third-order valence-electron chi connectivity index (χ3n) is 3.60. The lowest BCUT2D eigenvalue weighted by molar-refractivity contribution is 0.0917. The zero-order valence-corrected chi connectivity index (χ0v) is 14.2. The second-order valence-electron chi connectivity index (χ2n) is 5.61. The lowest BCUT2D eigenvalue weighted by Crippen LogP contribution is -2.33. The van der Waals surface area contributed by atoms with Crippen molar-refractivity contribution in [2.24, 2.45) is 0 Å². The molecular formula is C14H26O3Si2. The Morgan fingerprint density at radius 3 is 2.05 bits per heavy atom. The first-order valence-corrected chi connectivity index (χ1v) is 12.4. The van der Waals surface area contributed by atoms with Gasteiger partial charge in [0.1, 0.15) is 8.07 Å². The Labute approximate surface area is 118 Å². The van der Waals surface area contributed by atoms with Crippen LogP contribution in [0.3, 0.4) is 0 Å². The molecular weight excluding hydrogens is 272 g/mol. The van der Waals surface area contributed by atoms with E-state index in [1.807, 2.05) is 17.1 Å². The van der Waals surface area contributed by atoms with E-state index in [1.165, 1.54) is 6.04 Å². The summed E-state index contributed by atoms with van der Waals surface area (Å²) in [5.41, 5.74) is 6.10. The first-order valence-electron chi connectivity index (χ1n) is 6.57. The van der Waals surface area contributed by atoms with Crippen molar-refractivity contribution in [1.29, 1.82) is 0 Å². The van der Waals surface area contributed by atoms with Crippen LogP contribution in [0.25, 0.3) is 0 Å². The molecule has 0 aromatic heterocycles. The molecule has 3 nitrogen and oxygen atoms in total. The van der Waals surface area contributed by atoms with E-state index in [4.69, 9.17) is 5.11 Å². The third-order valence-corrected chi connectivity index (χ3v) is 10.8. The lowest BCUT2D eigenvalue weighted by Gasteiger charge is -2.27. The minimum Gasteiger partial charge on any atom is -0.450 e. The van der Waals surface area contributed by atoms with Crippen molar-refractivity contribution < 1.29 is 14.6 Å². The highest BCUT2D eigenvalue weighted by Crippen LogP contribution is 2.26. The predicted octanol–water partition coefficient (Wildman–Crippen LogP) is 4.40. The van der Waals surface area contributed by atoms with E-state index in [2.05, 4.69) is 37.6 Å². The molecule has 0 fully saturated rings. The summed E-state index contributed by atoms with van der Waals surface area (Å²) >= 11 is 0. The van der Waals surface area contributed by atoms with Crippen molar-refractivity contribution in [3.05, 3.63) is 36.8 Å². The van der Waals surface area contributed by atoms with Crippen LogP contribution in [0.2, 0.25) is 31.2 Å². The maximum atomic E-state index is 10.3. The fourth-order valence-corrected chi connectivity index (χ4v) is 8.85. The van der Waals surface area contributed by atoms with Gasteiger partial charge in [-0.25, -0.2) is 4.79 Å². The first kappa shape index (κ1) is 17.9. The van der Waals surface area contributed by atoms with Gasteiger partial charge >= 0.3 is 6.16 Å². The fourth-order valence-electron chi connectivity index (χ4n) is 1.95. The van der Waals surface area contributed by atoms with Crippen molar-refractivity contribution >= 4 is 22.3 Å². The maximum Gasteiger partial charge on any atom is 0.505 e. The normalized spacial score (nSPS) is 11.7. The minimum absolute atomic E-state index is 0.304. The number of hydrogen-bond donors (Lipinski definition) is 1. The predicted molar refractivity (Wildman–Crippen MR) is 86.8 cm³/mol. The topological polar surface area (TPSA) is 46.5 Å². The molecule has 0 aromatic rings. The van der Waals surface area contributed by atoms with Crippen LogP contribution < -0.4 is 0 Å². The van der Waals surface area contributed by atoms with E-state index in [-0.39, 0.29) is 0 Å². The SMILES string of the molecule is C=C[Si](C=C)(C=C)CC[Si](C)(C)CCCOC(=O)O. The van der Waals surface area contributed by atoms with E-state index < -0.39 is 22.3 Å². The maximum absolute atomic E-state index is 10.3. The van der Waals surface area contributed by atoms with Crippen LogP contribution in [-0.2, 0) is 4.74 Å². The highest BCUT2D eigenvalue weighted by atomic mass is 28.3. The summed E-state index contributed by atoms with van der Waals surface area (Å²) in [7, 11) is -3.01. The summed E-state index contributed by atoms with van der Waals surface area (Å²) in [5, 5.41) is 8.41. The summed E-state index contributed by atoms with van der Waals surface area (Å²) in [4.78, 5) is 10.3. The zero-order valence-electron chi connectivity index (χ0n) is 12.2. The summed E-state index contributed by atoms with van der Waals surface area (Å²) < 4.78 is 4.55. The standard InChI is InChI=1S/C14H26O3Si2/c1-6-19(7-2,8-3)13-12-18(4,5)11-9-10-17-14(15)16/h6-8H,1-3,9-13H2,4-5H3,(H,15,16). The molecule has 0 unspecified atom stereocenters. The molecule has 0 aliphatic carbocycles. The van der Waals surface area contributed by atoms with Gasteiger partial charge in [-0.1, -0.05) is 42.3 Å². The molecule has 0 rings (SSSR count). The van der Waals surface area contributed by atoms with Crippen LogP contribution in [0.15, 0.2) is 36.8 Å². The van der Waals surface area contributed by atoms with Gasteiger partial charge in [0.05, 0.1) is 6.61 Å². The van der Waals surface area contributed by atoms with Crippen LogP contribution in [0, 0.1) is 0 Å². The molecule has 0 heterocycles. The zero-order chi connectivity index (χ0) is 14.9. The molecule has 0 saturated carbocycles. The van der Waals surface area contributed by atoms with Crippen molar-refractivity contribution in [1.82, 2.24) is 0 Å². The molecule has 0 radical (unpaired) electrons. The molecule has 0 amide bonds. The van der Waals surface area contributed by atoms with Crippen molar-refractivity contribution in [3.8, 4) is 0 Å². The molecule has 108 valence electrons. The highest BCUT2D eigenvalue weighted by molar-refractivity contribution is 6.94. The number of rotatable bonds is 10. The summed E-state index contributed by atoms with van der Waals surface area (Å²) in [5.74, 6) is 0. The van der Waals surface area contributed by atoms with Crippen LogP contribution in [0.4, 0.5) is 4.79 Å². The smallest absolute Gasteiger partial charge is 0.450 e. The van der Waals surface area contributed by atoms with Gasteiger partial charge in [-0.3, -0.25) is 0 Å². The van der Waals surface area contributed by atoms with Crippen molar-refractivity contribution in [2.75, 3.05) is 6.61 Å². The van der Waals surface area contributed by atoms with E-state index in [9.17, 15) is 4.79 Å². The molecule has 1 N–H and O–H groups in total. The minimum atomic E-state index is -1.69. The Balaban J connectivity index is 4.21. The molecule has 19 heavy (non-hydrogen) atoms. The largest absolute Gasteiger partial charge is 0.505 e. The molecule has 0 aromatic carbocycles. The monoisotopic (exact) mass is 298 g/mol. The number of carbonyl (C=O) groups is 1. The van der Waals surface area contributed by atoms with Gasteiger partial charge in [0, 0.05) is 8.07 Å². The lowest BCUT2D eigenvalue weighted by atomic mass is 10.5. The molecule has 0 aliphatic rings. The van der Waals surface area contributed by atoms with E-state index in [1.54, 1.807) is 0 Å². The van der Waals surface area contributed by atoms with Gasteiger partial charge in [-0.15, -0.1) is 19.7 Å². The highest BCUT2D eigenvalue weighted by Gasteiger charge is 2.27. The first-order chi connectivity index (χ1) is 8.81. The van der Waals surface area contributed by atoms with Crippen LogP contribution in [0.1, 0.15) is 6.42 Å². The second kappa shape index (κ2) is 8.17. The van der Waals surface area contributed by atoms with Gasteiger partial charge in [0.25, 0.3) is 0 Å². The fraction of sp³-hybridized carbons (Fsp3) is 0.500. The van der Waals surface area contributed by atoms with E-state index in [0.29, 0.717) is 6.61 Å². The molecule has 0 bridgehead atoms. The van der Waals surface area contributed by atoms with E-state index in [0.717, 1.165) is 18.5 Å². The Morgan fingerprint density at radius 2 is 1.63 bits per heavy atom. The van der Waals surface area contributed by atoms with E-state index >= 15 is 0 Å². The number of carboxylic acid groups (broad SMARTS) is 1. The van der Waals surface area contributed by atoms with Gasteiger partial charge in [0.15, 0.2) is 0 Å². The molecule has 0 aliphatic heterocycles. The van der Waals surface area contributed by atoms with Crippen LogP contribution in [-0.4, -0.2) is 34.0 Å². The summed E-state index contributed by atoms with van der Waals surface area (Å²) in [6, 6.07) is 3.38. The molecule has 0 saturated heterocycles. The molecule has 5 heteroatoms. The van der Waals surface area contributed by atoms with Crippen molar-refractivity contribution in [2.45, 2.75) is 37.6 Å². The third kappa shape index (κ3) is 7.17. The van der Waals surface area contributed by atoms with Crippen LogP contribution >= 0.6 is 0 Å². The van der Waals surface area contributed by atoms with Gasteiger partial charge < -0.3 is 9.84 Å². The molecule has 0 spiro atoms. The summed E-state index contributed by atoms with van der Waals surface area (Å²) in [6.07, 6.45) is -0.369. The summed E-state index contributed by atoms with van der Waals surface area (Å²) in [6.45, 7) is 16.7. The van der Waals surface area contributed by atoms with Crippen molar-refractivity contribution in [3.63, 3.8) is 0 Å². The van der Waals surface area contributed by atoms with Gasteiger partial charge in [-0.2, -0.15) is 0 Å². The number of ether oxygens (including phenoxy) is 1. The average Bonchev–Trinajstić information content (AvgIpc) is 2.37. The number of hydrogen-bond acceptors (Lipinski definition) is 2. The van der Waals surface area contributed by atoms with Gasteiger partial charge in [-0.05, 0) is 12.5 Å². The Kier molecular flexibility index (Phi) is 7.70. The van der Waals surface area contributed by atoms with Gasteiger partial charge in [0.2, 0.25) is 0 Å². The Hall–Kier alpha value is -1.08. The Bertz CT molecular complexity index is 316. The molecule has 0 atom stereocenters.